The fraction of sp³-hybridized carbons (Fsp3) is 0.746. The molecule has 7 rings (SSSR count). The number of hydrogen-bond acceptors (Lipinski definition) is 12. The first-order chi connectivity index (χ1) is 47.4. The van der Waals surface area contributed by atoms with Crippen LogP contribution in [0.15, 0.2) is 18.2 Å². The van der Waals surface area contributed by atoms with Crippen LogP contribution in [0.3, 0.4) is 0 Å². The van der Waals surface area contributed by atoms with E-state index in [1.54, 1.807) is 11.8 Å². The second-order valence-corrected chi connectivity index (χ2v) is 30.2. The lowest BCUT2D eigenvalue weighted by atomic mass is 9.84. The van der Waals surface area contributed by atoms with Crippen LogP contribution in [0.1, 0.15) is 174 Å². The molecule has 3 saturated carbocycles. The fourth-order valence-electron chi connectivity index (χ4n) is 15.5. The van der Waals surface area contributed by atoms with Crippen molar-refractivity contribution in [2.24, 2.45) is 23.7 Å². The van der Waals surface area contributed by atoms with Gasteiger partial charge in [-0.1, -0.05) is 110 Å². The van der Waals surface area contributed by atoms with Gasteiger partial charge in [0.1, 0.15) is 47.8 Å². The first kappa shape index (κ1) is 81.1. The molecule has 0 radical (unpaired) electrons. The Kier molecular flexibility index (Phi) is 28.0. The molecule has 3 aliphatic carbocycles. The molecule has 6 fully saturated rings. The number of aryl methyl sites for hydroxylation is 1. The number of halogens is 6. The van der Waals surface area contributed by atoms with E-state index in [1.165, 1.54) is 68.9 Å². The Labute approximate surface area is 595 Å². The number of carbonyl (C=O) groups is 12. The molecule has 0 aromatic heterocycles. The predicted molar refractivity (Wildman–Crippen MR) is 365 cm³/mol. The molecule has 30 heteroatoms. The summed E-state index contributed by atoms with van der Waals surface area (Å²) >= 11 is 6.10. The number of rotatable bonds is 11. The Hall–Kier alpha value is -7.20. The highest BCUT2D eigenvalue weighted by atomic mass is 35.5. The number of amides is 12. The number of likely N-dealkylation sites (tertiary alicyclic amines) is 1. The molecule has 3 aliphatic heterocycles. The summed E-state index contributed by atoms with van der Waals surface area (Å²) in [6.07, 6.45) is 1.54. The van der Waals surface area contributed by atoms with Gasteiger partial charge in [0.15, 0.2) is 0 Å². The van der Waals surface area contributed by atoms with Crippen molar-refractivity contribution in [1.29, 1.82) is 0 Å². The Bertz CT molecular complexity index is 3190. The molecule has 564 valence electrons. The molecular formula is C71H106ClF5N12O12. The summed E-state index contributed by atoms with van der Waals surface area (Å²) in [4.78, 5) is 189. The number of carbonyl (C=O) groups excluding carboxylic acids is 12. The number of alkyl halides is 5. The summed E-state index contributed by atoms with van der Waals surface area (Å²) in [5.41, 5.74) is -2.84. The first-order valence-corrected chi connectivity index (χ1v) is 36.3. The SMILES string of the molecule is CC[C@H](C)[C@@H]1NC(=O)[C@H](CC(C)C)N(C)C(=O)C[C@@H](C(=O)N2CCCC2)N(C)C(=O)[C@H](C2CCCC2)N(C)C(=O)C2(CCCC2)NC(=O)C2CC(F)(F)CN2C(=O)[C@H](CCc2ccc(C(F)(F)F)c(Cl)c2)NC(=O)CN(C)C(=O)[C@H](CC2CCCCC2)N(C)C(=O)CN(C)C(=O)CN(C)C1=O. The minimum atomic E-state index is -4.84. The van der Waals surface area contributed by atoms with E-state index in [0.717, 1.165) is 65.0 Å². The van der Waals surface area contributed by atoms with Gasteiger partial charge in [-0.15, -0.1) is 0 Å². The highest BCUT2D eigenvalue weighted by Gasteiger charge is 2.55. The summed E-state index contributed by atoms with van der Waals surface area (Å²) in [7, 11) is 9.53. The van der Waals surface area contributed by atoms with Crippen LogP contribution < -0.4 is 16.0 Å². The van der Waals surface area contributed by atoms with Gasteiger partial charge in [0.05, 0.1) is 43.2 Å². The lowest BCUT2D eigenvalue weighted by Gasteiger charge is -2.42. The van der Waals surface area contributed by atoms with Crippen LogP contribution in [0.4, 0.5) is 22.0 Å². The van der Waals surface area contributed by atoms with E-state index in [9.17, 15) is 51.5 Å². The van der Waals surface area contributed by atoms with Gasteiger partial charge in [-0.25, -0.2) is 8.78 Å². The largest absolute Gasteiger partial charge is 0.417 e. The minimum absolute atomic E-state index is 0.0197. The van der Waals surface area contributed by atoms with Gasteiger partial charge in [-0.05, 0) is 106 Å². The summed E-state index contributed by atoms with van der Waals surface area (Å²) in [5.74, 6) is -14.5. The van der Waals surface area contributed by atoms with Crippen molar-refractivity contribution in [3.63, 3.8) is 0 Å². The van der Waals surface area contributed by atoms with Gasteiger partial charge in [0.25, 0.3) is 5.92 Å². The molecule has 8 atom stereocenters. The average Bonchev–Trinajstić information content (AvgIpc) is 1.70. The van der Waals surface area contributed by atoms with E-state index >= 15 is 28.0 Å². The van der Waals surface area contributed by atoms with Crippen LogP contribution in [-0.2, 0) is 70.1 Å². The van der Waals surface area contributed by atoms with Crippen molar-refractivity contribution in [2.75, 3.05) is 88.6 Å². The maximum atomic E-state index is 16.1. The Morgan fingerprint density at radius 1 is 0.653 bits per heavy atom. The van der Waals surface area contributed by atoms with Crippen molar-refractivity contribution in [3.8, 4) is 0 Å². The van der Waals surface area contributed by atoms with Gasteiger partial charge in [0, 0.05) is 68.8 Å². The number of nitrogens with zero attached hydrogens (tertiary/aromatic N) is 9. The molecule has 3 saturated heterocycles. The number of benzene rings is 1. The van der Waals surface area contributed by atoms with Crippen molar-refractivity contribution in [3.05, 3.63) is 34.3 Å². The first-order valence-electron chi connectivity index (χ1n) is 35.9. The molecule has 1 unspecified atom stereocenters. The van der Waals surface area contributed by atoms with E-state index in [-0.39, 0.29) is 49.5 Å². The molecule has 3 N–H and O–H groups in total. The second kappa shape index (κ2) is 34.9. The van der Waals surface area contributed by atoms with Crippen LogP contribution in [0.2, 0.25) is 5.02 Å². The summed E-state index contributed by atoms with van der Waals surface area (Å²) in [5, 5.41) is 7.52. The molecule has 6 aliphatic rings. The van der Waals surface area contributed by atoms with Crippen molar-refractivity contribution < 1.29 is 79.5 Å². The van der Waals surface area contributed by atoms with E-state index in [4.69, 9.17) is 11.6 Å². The van der Waals surface area contributed by atoms with Gasteiger partial charge >= 0.3 is 6.18 Å². The van der Waals surface area contributed by atoms with E-state index in [0.29, 0.717) is 75.8 Å². The van der Waals surface area contributed by atoms with Crippen LogP contribution in [0.5, 0.6) is 0 Å². The van der Waals surface area contributed by atoms with Gasteiger partial charge in [-0.3, -0.25) is 57.5 Å². The fourth-order valence-corrected chi connectivity index (χ4v) is 15.8. The maximum absolute atomic E-state index is 16.1. The molecule has 1 spiro atoms. The monoisotopic (exact) mass is 1450 g/mol. The van der Waals surface area contributed by atoms with E-state index in [2.05, 4.69) is 16.0 Å². The summed E-state index contributed by atoms with van der Waals surface area (Å²) < 4.78 is 73.9. The smallest absolute Gasteiger partial charge is 0.343 e. The minimum Gasteiger partial charge on any atom is -0.343 e. The van der Waals surface area contributed by atoms with Crippen LogP contribution in [0, 0.1) is 23.7 Å². The highest BCUT2D eigenvalue weighted by molar-refractivity contribution is 6.31. The Morgan fingerprint density at radius 2 is 1.25 bits per heavy atom. The zero-order valence-corrected chi connectivity index (χ0v) is 61.3. The average molecular weight is 1450 g/mol. The number of hydrogen-bond donors (Lipinski definition) is 3. The van der Waals surface area contributed by atoms with Crippen LogP contribution in [0.25, 0.3) is 0 Å². The summed E-state index contributed by atoms with van der Waals surface area (Å²) in [6.45, 7) is 4.61. The normalized spacial score (nSPS) is 27.1. The molecule has 1 aromatic rings. The van der Waals surface area contributed by atoms with Crippen molar-refractivity contribution in [2.45, 2.75) is 229 Å². The van der Waals surface area contributed by atoms with Gasteiger partial charge in [0.2, 0.25) is 70.9 Å². The lowest BCUT2D eigenvalue weighted by molar-refractivity contribution is -0.156. The third kappa shape index (κ3) is 20.2. The maximum Gasteiger partial charge on any atom is 0.417 e. The molecule has 3 heterocycles. The Balaban J connectivity index is 1.30. The van der Waals surface area contributed by atoms with E-state index in [1.807, 2.05) is 20.8 Å². The third-order valence-corrected chi connectivity index (χ3v) is 22.2. The molecule has 24 nitrogen and oxygen atoms in total. The van der Waals surface area contributed by atoms with Gasteiger partial charge < -0.3 is 60.0 Å². The van der Waals surface area contributed by atoms with Crippen LogP contribution in [-0.4, -0.2) is 257 Å². The van der Waals surface area contributed by atoms with Gasteiger partial charge in [-0.2, -0.15) is 13.2 Å². The number of likely N-dealkylation sites (N-methyl/N-ethyl adjacent to an activating group) is 7. The molecule has 0 bridgehead atoms. The predicted octanol–water partition coefficient (Wildman–Crippen LogP) is 5.89. The molecule has 101 heavy (non-hydrogen) atoms. The highest BCUT2D eigenvalue weighted by Crippen LogP contribution is 2.40. The lowest BCUT2D eigenvalue weighted by Crippen LogP contribution is -2.65. The topological polar surface area (TPSA) is 270 Å². The second-order valence-electron chi connectivity index (χ2n) is 29.8. The molecule has 12 amide bonds. The zero-order valence-electron chi connectivity index (χ0n) is 60.6. The summed E-state index contributed by atoms with van der Waals surface area (Å²) in [6, 6.07) is -7.37. The van der Waals surface area contributed by atoms with Crippen LogP contribution >= 0.6 is 11.6 Å². The van der Waals surface area contributed by atoms with Crippen molar-refractivity contribution >= 4 is 82.5 Å². The Morgan fingerprint density at radius 3 is 1.84 bits per heavy atom. The third-order valence-electron chi connectivity index (χ3n) is 21.9. The zero-order chi connectivity index (χ0) is 74.7. The van der Waals surface area contributed by atoms with E-state index < -0.39 is 199 Å². The standard InChI is InChI=1S/C71H106ClF5N12O12/c1-12-44(4)59-66(99)83(7)40-57(92)81(5)41-58(93)85(9)52(36-45-22-14-13-15-23-45)64(97)82(6)39-55(90)78-50(29-27-46-26-28-48(49(72)35-46)71(75,76)77)63(96)89-42-70(73,74)38-54(89)62(95)80-69(30-18-19-31-69)68(101)87(11)60(47-24-16-17-25-47)67(100)86(10)53(65(98)88-32-20-21-33-88)37-56(91)84(8)51(34-43(2)3)61(94)79-59/h26,28,35,43-45,47,50-54,59-60H,12-25,27,29-34,36-42H2,1-11H3,(H,78,90)(H,79,94)(H,80,95)/t44-,50-,51-,52-,53-,54?,59-,60-/m0/s1. The molecular weight excluding hydrogens is 1340 g/mol. The number of nitrogens with one attached hydrogen (secondary N) is 3. The quantitative estimate of drug-likeness (QED) is 0.219. The number of fused-ring (bicyclic) bond motifs is 1. The van der Waals surface area contributed by atoms with Crippen molar-refractivity contribution in [1.82, 2.24) is 60.0 Å². The molecule has 1 aromatic carbocycles.